The maximum absolute atomic E-state index is 3.36. The molecule has 2 unspecified atom stereocenters. The van der Waals surface area contributed by atoms with E-state index >= 15 is 0 Å². The summed E-state index contributed by atoms with van der Waals surface area (Å²) in [6.07, 6.45) is 1.13. The predicted molar refractivity (Wildman–Crippen MR) is 82.7 cm³/mol. The third-order valence-electron chi connectivity index (χ3n) is 3.75. The lowest BCUT2D eigenvalue weighted by molar-refractivity contribution is 0.577. The first kappa shape index (κ1) is 13.8. The molecule has 1 aromatic rings. The molecule has 0 saturated carbocycles. The van der Waals surface area contributed by atoms with Gasteiger partial charge in [-0.25, -0.2) is 0 Å². The quantitative estimate of drug-likeness (QED) is 0.898. The van der Waals surface area contributed by atoms with Crippen molar-refractivity contribution in [1.82, 2.24) is 5.32 Å². The predicted octanol–water partition coefficient (Wildman–Crippen LogP) is 3.30. The van der Waals surface area contributed by atoms with E-state index in [4.69, 9.17) is 0 Å². The second-order valence-electron chi connectivity index (χ2n) is 4.96. The lowest BCUT2D eigenvalue weighted by Crippen LogP contribution is -2.40. The van der Waals surface area contributed by atoms with Crippen molar-refractivity contribution in [3.05, 3.63) is 29.8 Å². The summed E-state index contributed by atoms with van der Waals surface area (Å²) in [6, 6.07) is 10.2. The second-order valence-corrected chi connectivity index (χ2v) is 6.11. The molecule has 2 nitrogen and oxygen atoms in total. The van der Waals surface area contributed by atoms with Crippen molar-refractivity contribution >= 4 is 17.4 Å². The van der Waals surface area contributed by atoms with Crippen LogP contribution in [0.5, 0.6) is 0 Å². The average Bonchev–Trinajstić information content (AvgIpc) is 2.42. The Morgan fingerprint density at radius 3 is 2.67 bits per heavy atom. The monoisotopic (exact) mass is 264 g/mol. The number of benzene rings is 1. The Morgan fingerprint density at radius 1 is 1.39 bits per heavy atom. The smallest absolute Gasteiger partial charge is 0.0369 e. The van der Waals surface area contributed by atoms with E-state index in [1.54, 1.807) is 0 Å². The van der Waals surface area contributed by atoms with Crippen LogP contribution in [0.3, 0.4) is 0 Å². The number of rotatable bonds is 4. The van der Waals surface area contributed by atoms with Crippen LogP contribution in [0.25, 0.3) is 0 Å². The minimum absolute atomic E-state index is 0.480. The number of thioether (sulfide) groups is 1. The van der Waals surface area contributed by atoms with E-state index in [1.165, 1.54) is 29.3 Å². The van der Waals surface area contributed by atoms with Crippen molar-refractivity contribution in [2.24, 2.45) is 0 Å². The van der Waals surface area contributed by atoms with E-state index in [2.05, 4.69) is 60.1 Å². The molecule has 0 aromatic heterocycles. The van der Waals surface area contributed by atoms with Gasteiger partial charge in [-0.15, -0.1) is 0 Å². The van der Waals surface area contributed by atoms with E-state index < -0.39 is 0 Å². The summed E-state index contributed by atoms with van der Waals surface area (Å²) in [5.41, 5.74) is 2.76. The molecule has 100 valence electrons. The van der Waals surface area contributed by atoms with Crippen LogP contribution in [0.2, 0.25) is 0 Å². The molecule has 1 aliphatic rings. The molecule has 1 fully saturated rings. The molecule has 1 heterocycles. The molecular formula is C15H24N2S. The largest absolute Gasteiger partial charge is 0.367 e. The molecule has 0 aliphatic carbocycles. The van der Waals surface area contributed by atoms with E-state index in [1.807, 2.05) is 7.05 Å². The van der Waals surface area contributed by atoms with Crippen LogP contribution in [0, 0.1) is 0 Å². The number of hydrogen-bond donors (Lipinski definition) is 1. The zero-order valence-corrected chi connectivity index (χ0v) is 12.5. The standard InChI is InChI=1S/C15H24N2S/c1-4-15(16-3)13-5-7-14(8-6-13)17-9-10-18-11-12(17)2/h5-8,12,15-16H,4,9-11H2,1-3H3. The van der Waals surface area contributed by atoms with Gasteiger partial charge in [0.2, 0.25) is 0 Å². The Morgan fingerprint density at radius 2 is 2.11 bits per heavy atom. The van der Waals surface area contributed by atoms with Gasteiger partial charge in [0.25, 0.3) is 0 Å². The summed E-state index contributed by atoms with van der Waals surface area (Å²) in [4.78, 5) is 2.53. The van der Waals surface area contributed by atoms with E-state index in [0.717, 1.165) is 6.42 Å². The normalized spacial score (nSPS) is 21.9. The molecule has 1 aliphatic heterocycles. The minimum atomic E-state index is 0.480. The van der Waals surface area contributed by atoms with Gasteiger partial charge in [-0.3, -0.25) is 0 Å². The van der Waals surface area contributed by atoms with Crippen LogP contribution in [0.1, 0.15) is 31.9 Å². The Bertz CT molecular complexity index is 359. The highest BCUT2D eigenvalue weighted by atomic mass is 32.2. The van der Waals surface area contributed by atoms with Crippen molar-refractivity contribution in [1.29, 1.82) is 0 Å². The SMILES string of the molecule is CCC(NC)c1ccc(N2CCSCC2C)cc1. The molecule has 3 heteroatoms. The number of hydrogen-bond acceptors (Lipinski definition) is 3. The lowest BCUT2D eigenvalue weighted by atomic mass is 10.0. The molecule has 0 amide bonds. The van der Waals surface area contributed by atoms with Gasteiger partial charge in [0.05, 0.1) is 0 Å². The highest BCUT2D eigenvalue weighted by Gasteiger charge is 2.18. The average molecular weight is 264 g/mol. The lowest BCUT2D eigenvalue weighted by Gasteiger charge is -2.35. The van der Waals surface area contributed by atoms with E-state index in [9.17, 15) is 0 Å². The molecular weight excluding hydrogens is 240 g/mol. The van der Waals surface area contributed by atoms with E-state index in [-0.39, 0.29) is 0 Å². The molecule has 1 N–H and O–H groups in total. The highest BCUT2D eigenvalue weighted by molar-refractivity contribution is 7.99. The molecule has 1 aromatic carbocycles. The van der Waals surface area contributed by atoms with Gasteiger partial charge >= 0.3 is 0 Å². The molecule has 0 spiro atoms. The van der Waals surface area contributed by atoms with Crippen LogP contribution >= 0.6 is 11.8 Å². The number of nitrogens with one attached hydrogen (secondary N) is 1. The highest BCUT2D eigenvalue weighted by Crippen LogP contribution is 2.26. The number of nitrogens with zero attached hydrogens (tertiary/aromatic N) is 1. The summed E-state index contributed by atoms with van der Waals surface area (Å²) in [6.45, 7) is 5.72. The van der Waals surface area contributed by atoms with Gasteiger partial charge < -0.3 is 10.2 Å². The Labute approximate surface area is 115 Å². The molecule has 1 saturated heterocycles. The minimum Gasteiger partial charge on any atom is -0.367 e. The van der Waals surface area contributed by atoms with Gasteiger partial charge in [0.15, 0.2) is 0 Å². The van der Waals surface area contributed by atoms with Crippen molar-refractivity contribution in [2.45, 2.75) is 32.4 Å². The fourth-order valence-corrected chi connectivity index (χ4v) is 3.63. The molecule has 0 radical (unpaired) electrons. The van der Waals surface area contributed by atoms with Crippen molar-refractivity contribution < 1.29 is 0 Å². The van der Waals surface area contributed by atoms with Gasteiger partial charge in [0, 0.05) is 35.8 Å². The molecule has 2 atom stereocenters. The third-order valence-corrected chi connectivity index (χ3v) is 4.94. The Kier molecular flexibility index (Phi) is 4.95. The van der Waals surface area contributed by atoms with E-state index in [0.29, 0.717) is 12.1 Å². The van der Waals surface area contributed by atoms with Gasteiger partial charge in [0.1, 0.15) is 0 Å². The maximum Gasteiger partial charge on any atom is 0.0369 e. The summed E-state index contributed by atoms with van der Waals surface area (Å²) >= 11 is 2.07. The van der Waals surface area contributed by atoms with Crippen LogP contribution in [0.15, 0.2) is 24.3 Å². The van der Waals surface area contributed by atoms with Crippen molar-refractivity contribution in [3.63, 3.8) is 0 Å². The zero-order chi connectivity index (χ0) is 13.0. The van der Waals surface area contributed by atoms with Crippen LogP contribution in [-0.2, 0) is 0 Å². The van der Waals surface area contributed by atoms with Gasteiger partial charge in [-0.05, 0) is 38.1 Å². The fourth-order valence-electron chi connectivity index (χ4n) is 2.62. The summed E-state index contributed by atoms with van der Waals surface area (Å²) in [7, 11) is 2.03. The van der Waals surface area contributed by atoms with Gasteiger partial charge in [-0.2, -0.15) is 11.8 Å². The molecule has 0 bridgehead atoms. The van der Waals surface area contributed by atoms with Crippen molar-refractivity contribution in [3.8, 4) is 0 Å². The first-order valence-corrected chi connectivity index (χ1v) is 8.03. The summed E-state index contributed by atoms with van der Waals surface area (Å²) < 4.78 is 0. The Hall–Kier alpha value is -0.670. The number of anilines is 1. The van der Waals surface area contributed by atoms with Gasteiger partial charge in [-0.1, -0.05) is 19.1 Å². The fraction of sp³-hybridized carbons (Fsp3) is 0.600. The first-order valence-electron chi connectivity index (χ1n) is 6.88. The molecule has 18 heavy (non-hydrogen) atoms. The second kappa shape index (κ2) is 6.48. The summed E-state index contributed by atoms with van der Waals surface area (Å²) in [5.74, 6) is 2.50. The first-order chi connectivity index (χ1) is 8.76. The molecule has 2 rings (SSSR count). The third kappa shape index (κ3) is 3.01. The van der Waals surface area contributed by atoms with Crippen LogP contribution in [-0.4, -0.2) is 31.1 Å². The van der Waals surface area contributed by atoms with Crippen LogP contribution < -0.4 is 10.2 Å². The van der Waals surface area contributed by atoms with Crippen molar-refractivity contribution in [2.75, 3.05) is 30.0 Å². The zero-order valence-electron chi connectivity index (χ0n) is 11.6. The topological polar surface area (TPSA) is 15.3 Å². The Balaban J connectivity index is 2.11. The summed E-state index contributed by atoms with van der Waals surface area (Å²) in [5, 5.41) is 3.36. The maximum atomic E-state index is 3.36. The van der Waals surface area contributed by atoms with Crippen LogP contribution in [0.4, 0.5) is 5.69 Å².